The average Bonchev–Trinajstić information content (AvgIpc) is 2.91. The van der Waals surface area contributed by atoms with E-state index < -0.39 is 0 Å². The fourth-order valence-corrected chi connectivity index (χ4v) is 2.19. The highest BCUT2D eigenvalue weighted by Gasteiger charge is 2.38. The van der Waals surface area contributed by atoms with Crippen molar-refractivity contribution in [3.63, 3.8) is 0 Å². The zero-order valence-corrected chi connectivity index (χ0v) is 10.1. The molecule has 1 heterocycles. The standard InChI is InChI=1S/C13H16FN3/c1-8-5-11-10(6-9(8)14)16-12(15)17(11)7-13(2)3-4-13/h5-6H,3-4,7H2,1-2H3,(H2,15,16). The molecule has 2 N–H and O–H groups in total. The molecule has 1 saturated carbocycles. The number of hydrogen-bond donors (Lipinski definition) is 1. The van der Waals surface area contributed by atoms with Gasteiger partial charge in [-0.25, -0.2) is 9.37 Å². The molecule has 0 amide bonds. The Balaban J connectivity index is 2.16. The van der Waals surface area contributed by atoms with Crippen molar-refractivity contribution in [3.8, 4) is 0 Å². The van der Waals surface area contributed by atoms with E-state index in [4.69, 9.17) is 5.73 Å². The summed E-state index contributed by atoms with van der Waals surface area (Å²) in [6.07, 6.45) is 2.46. The molecular formula is C13H16FN3. The highest BCUT2D eigenvalue weighted by Crippen LogP contribution is 2.47. The van der Waals surface area contributed by atoms with E-state index in [1.54, 1.807) is 6.92 Å². The summed E-state index contributed by atoms with van der Waals surface area (Å²) >= 11 is 0. The Hall–Kier alpha value is -1.58. The highest BCUT2D eigenvalue weighted by molar-refractivity contribution is 5.79. The summed E-state index contributed by atoms with van der Waals surface area (Å²) in [4.78, 5) is 4.23. The molecule has 0 unspecified atom stereocenters. The number of benzene rings is 1. The van der Waals surface area contributed by atoms with Crippen LogP contribution in [0.1, 0.15) is 25.3 Å². The first-order valence-electron chi connectivity index (χ1n) is 5.90. The van der Waals surface area contributed by atoms with E-state index in [0.29, 0.717) is 22.4 Å². The van der Waals surface area contributed by atoms with Gasteiger partial charge in [0.05, 0.1) is 11.0 Å². The lowest BCUT2D eigenvalue weighted by Crippen LogP contribution is -2.10. The Morgan fingerprint density at radius 1 is 1.47 bits per heavy atom. The number of hydrogen-bond acceptors (Lipinski definition) is 2. The molecule has 1 aromatic carbocycles. The lowest BCUT2D eigenvalue weighted by atomic mass is 10.1. The van der Waals surface area contributed by atoms with E-state index in [-0.39, 0.29) is 5.82 Å². The van der Waals surface area contributed by atoms with Crippen molar-refractivity contribution in [1.82, 2.24) is 9.55 Å². The number of halogens is 1. The lowest BCUT2D eigenvalue weighted by Gasteiger charge is -2.12. The molecule has 3 rings (SSSR count). The molecule has 90 valence electrons. The highest BCUT2D eigenvalue weighted by atomic mass is 19.1. The molecule has 1 aliphatic rings. The van der Waals surface area contributed by atoms with Gasteiger partial charge in [0.15, 0.2) is 0 Å². The number of nitrogens with zero attached hydrogens (tertiary/aromatic N) is 2. The van der Waals surface area contributed by atoms with Crippen LogP contribution >= 0.6 is 0 Å². The largest absolute Gasteiger partial charge is 0.369 e. The number of aryl methyl sites for hydroxylation is 1. The second-order valence-corrected chi connectivity index (χ2v) is 5.46. The summed E-state index contributed by atoms with van der Waals surface area (Å²) in [6, 6.07) is 3.30. The zero-order chi connectivity index (χ0) is 12.2. The second kappa shape index (κ2) is 3.22. The van der Waals surface area contributed by atoms with Gasteiger partial charge in [0.1, 0.15) is 5.82 Å². The zero-order valence-electron chi connectivity index (χ0n) is 10.1. The van der Waals surface area contributed by atoms with Gasteiger partial charge in [-0.3, -0.25) is 0 Å². The Morgan fingerprint density at radius 3 is 2.82 bits per heavy atom. The summed E-state index contributed by atoms with van der Waals surface area (Å²) in [6.45, 7) is 4.89. The molecule has 2 aromatic rings. The van der Waals surface area contributed by atoms with Crippen LogP contribution < -0.4 is 5.73 Å². The molecule has 0 saturated heterocycles. The topological polar surface area (TPSA) is 43.8 Å². The number of aromatic nitrogens is 2. The van der Waals surface area contributed by atoms with Crippen LogP contribution in [0.25, 0.3) is 11.0 Å². The molecule has 3 nitrogen and oxygen atoms in total. The van der Waals surface area contributed by atoms with Crippen LogP contribution in [0.15, 0.2) is 12.1 Å². The van der Waals surface area contributed by atoms with Crippen LogP contribution in [0.4, 0.5) is 10.3 Å². The van der Waals surface area contributed by atoms with Gasteiger partial charge in [-0.15, -0.1) is 0 Å². The Morgan fingerprint density at radius 2 is 2.18 bits per heavy atom. The minimum Gasteiger partial charge on any atom is -0.369 e. The smallest absolute Gasteiger partial charge is 0.201 e. The van der Waals surface area contributed by atoms with Crippen molar-refractivity contribution < 1.29 is 4.39 Å². The predicted molar refractivity (Wildman–Crippen MR) is 66.2 cm³/mol. The molecule has 17 heavy (non-hydrogen) atoms. The van der Waals surface area contributed by atoms with Gasteiger partial charge in [-0.1, -0.05) is 6.92 Å². The fraction of sp³-hybridized carbons (Fsp3) is 0.462. The van der Waals surface area contributed by atoms with Gasteiger partial charge in [0.2, 0.25) is 5.95 Å². The number of rotatable bonds is 2. The van der Waals surface area contributed by atoms with Crippen molar-refractivity contribution in [2.75, 3.05) is 5.73 Å². The van der Waals surface area contributed by atoms with Crippen LogP contribution in [-0.4, -0.2) is 9.55 Å². The van der Waals surface area contributed by atoms with Crippen molar-refractivity contribution in [2.45, 2.75) is 33.2 Å². The van der Waals surface area contributed by atoms with E-state index in [1.165, 1.54) is 18.9 Å². The van der Waals surface area contributed by atoms with Gasteiger partial charge >= 0.3 is 0 Å². The van der Waals surface area contributed by atoms with Crippen LogP contribution in [0.5, 0.6) is 0 Å². The quantitative estimate of drug-likeness (QED) is 0.866. The van der Waals surface area contributed by atoms with E-state index in [1.807, 2.05) is 10.6 Å². The minimum absolute atomic E-state index is 0.222. The molecule has 1 aliphatic carbocycles. The fourth-order valence-electron chi connectivity index (χ4n) is 2.19. The summed E-state index contributed by atoms with van der Waals surface area (Å²) in [5, 5.41) is 0. The summed E-state index contributed by atoms with van der Waals surface area (Å²) in [7, 11) is 0. The SMILES string of the molecule is Cc1cc2c(cc1F)nc(N)n2CC1(C)CC1. The molecular weight excluding hydrogens is 217 g/mol. The third kappa shape index (κ3) is 1.68. The van der Waals surface area contributed by atoms with Crippen LogP contribution in [0.2, 0.25) is 0 Å². The van der Waals surface area contributed by atoms with E-state index in [0.717, 1.165) is 12.1 Å². The number of fused-ring (bicyclic) bond motifs is 1. The molecule has 1 aromatic heterocycles. The summed E-state index contributed by atoms with van der Waals surface area (Å²) in [5.41, 5.74) is 8.49. The third-order valence-electron chi connectivity index (χ3n) is 3.70. The minimum atomic E-state index is -0.222. The van der Waals surface area contributed by atoms with Gasteiger partial charge < -0.3 is 10.3 Å². The van der Waals surface area contributed by atoms with Gasteiger partial charge in [0, 0.05) is 12.6 Å². The maximum absolute atomic E-state index is 13.4. The predicted octanol–water partition coefficient (Wildman–Crippen LogP) is 2.87. The number of imidazole rings is 1. The number of anilines is 1. The first-order valence-corrected chi connectivity index (χ1v) is 5.90. The molecule has 4 heteroatoms. The van der Waals surface area contributed by atoms with Crippen LogP contribution in [0, 0.1) is 18.2 Å². The lowest BCUT2D eigenvalue weighted by molar-refractivity contribution is 0.476. The molecule has 0 spiro atoms. The molecule has 0 atom stereocenters. The Bertz CT molecular complexity index is 596. The average molecular weight is 233 g/mol. The summed E-state index contributed by atoms with van der Waals surface area (Å²) in [5.74, 6) is 0.262. The molecule has 0 aliphatic heterocycles. The first kappa shape index (κ1) is 10.6. The maximum Gasteiger partial charge on any atom is 0.201 e. The van der Waals surface area contributed by atoms with Gasteiger partial charge in [-0.2, -0.15) is 0 Å². The van der Waals surface area contributed by atoms with Crippen LogP contribution in [0.3, 0.4) is 0 Å². The molecule has 0 bridgehead atoms. The third-order valence-corrected chi connectivity index (χ3v) is 3.70. The van der Waals surface area contributed by atoms with Gasteiger partial charge in [0.25, 0.3) is 0 Å². The normalized spacial score (nSPS) is 17.6. The monoisotopic (exact) mass is 233 g/mol. The number of nitrogen functional groups attached to an aromatic ring is 1. The van der Waals surface area contributed by atoms with E-state index in [2.05, 4.69) is 11.9 Å². The Labute approximate surface area is 99.4 Å². The van der Waals surface area contributed by atoms with Crippen molar-refractivity contribution in [1.29, 1.82) is 0 Å². The maximum atomic E-state index is 13.4. The number of nitrogens with two attached hydrogens (primary N) is 1. The van der Waals surface area contributed by atoms with E-state index in [9.17, 15) is 4.39 Å². The second-order valence-electron chi connectivity index (χ2n) is 5.46. The first-order chi connectivity index (χ1) is 7.98. The summed E-state index contributed by atoms with van der Waals surface area (Å²) < 4.78 is 15.5. The molecule has 0 radical (unpaired) electrons. The molecule has 1 fully saturated rings. The van der Waals surface area contributed by atoms with Crippen molar-refractivity contribution >= 4 is 17.0 Å². The Kier molecular flexibility index (Phi) is 2.00. The van der Waals surface area contributed by atoms with E-state index >= 15 is 0 Å². The van der Waals surface area contributed by atoms with Crippen LogP contribution in [-0.2, 0) is 6.54 Å². The van der Waals surface area contributed by atoms with Gasteiger partial charge in [-0.05, 0) is 36.8 Å². The van der Waals surface area contributed by atoms with Crippen molar-refractivity contribution in [2.24, 2.45) is 5.41 Å². The van der Waals surface area contributed by atoms with Crippen molar-refractivity contribution in [3.05, 3.63) is 23.5 Å².